The molecule has 0 radical (unpaired) electrons. The molecule has 0 saturated carbocycles. The molecule has 2 aliphatic heterocycles. The van der Waals surface area contributed by atoms with E-state index in [0.29, 0.717) is 37.2 Å². The second-order valence-electron chi connectivity index (χ2n) is 9.66. The number of rotatable bonds is 3. The van der Waals surface area contributed by atoms with E-state index in [1.165, 1.54) is 4.90 Å². The number of hydrogen-bond donors (Lipinski definition) is 3. The summed E-state index contributed by atoms with van der Waals surface area (Å²) in [5, 5.41) is 15.9. The third-order valence-electron chi connectivity index (χ3n) is 7.01. The zero-order chi connectivity index (χ0) is 22.7. The van der Waals surface area contributed by atoms with E-state index in [4.69, 9.17) is 0 Å². The van der Waals surface area contributed by atoms with Crippen molar-refractivity contribution in [2.24, 2.45) is 5.41 Å². The van der Waals surface area contributed by atoms with E-state index >= 15 is 0 Å². The minimum atomic E-state index is -0.948. The van der Waals surface area contributed by atoms with Crippen LogP contribution in [0, 0.1) is 5.41 Å². The molecule has 3 aliphatic rings. The molecular weight excluding hydrogens is 408 g/mol. The normalized spacial score (nSPS) is 25.5. The monoisotopic (exact) mass is 434 g/mol. The van der Waals surface area contributed by atoms with Crippen LogP contribution in [0.2, 0.25) is 0 Å². The molecule has 5 rings (SSSR count). The number of anilines is 2. The van der Waals surface area contributed by atoms with Crippen LogP contribution in [0.15, 0.2) is 36.5 Å². The second-order valence-corrected chi connectivity index (χ2v) is 9.66. The number of carbonyl (C=O) groups is 3. The zero-order valence-electron chi connectivity index (χ0n) is 18.1. The Kier molecular flexibility index (Phi) is 4.60. The second kappa shape index (κ2) is 7.13. The molecule has 166 valence electrons. The van der Waals surface area contributed by atoms with E-state index in [1.54, 1.807) is 6.20 Å². The van der Waals surface area contributed by atoms with Crippen LogP contribution in [-0.4, -0.2) is 45.5 Å². The van der Waals surface area contributed by atoms with Gasteiger partial charge in [-0.05, 0) is 55.0 Å². The van der Waals surface area contributed by atoms with Crippen molar-refractivity contribution in [3.05, 3.63) is 53.2 Å². The van der Waals surface area contributed by atoms with Crippen molar-refractivity contribution in [1.82, 2.24) is 9.88 Å². The lowest BCUT2D eigenvalue weighted by Crippen LogP contribution is -2.53. The Morgan fingerprint density at radius 3 is 2.84 bits per heavy atom. The molecule has 1 fully saturated rings. The van der Waals surface area contributed by atoms with Gasteiger partial charge in [0.25, 0.3) is 0 Å². The summed E-state index contributed by atoms with van der Waals surface area (Å²) in [4.78, 5) is 43.6. The number of pyridine rings is 1. The van der Waals surface area contributed by atoms with Crippen LogP contribution in [0.25, 0.3) is 0 Å². The number of fused-ring (bicyclic) bond motifs is 3. The van der Waals surface area contributed by atoms with Crippen LogP contribution in [-0.2, 0) is 32.6 Å². The van der Waals surface area contributed by atoms with Gasteiger partial charge < -0.3 is 20.6 Å². The third-order valence-corrected chi connectivity index (χ3v) is 7.01. The maximum absolute atomic E-state index is 12.8. The Bertz CT molecular complexity index is 1140. The highest BCUT2D eigenvalue weighted by molar-refractivity contribution is 6.06. The van der Waals surface area contributed by atoms with Gasteiger partial charge in [0.2, 0.25) is 17.7 Å². The summed E-state index contributed by atoms with van der Waals surface area (Å²) in [6, 6.07) is 9.42. The lowest BCUT2D eigenvalue weighted by molar-refractivity contribution is -0.161. The van der Waals surface area contributed by atoms with Crippen molar-refractivity contribution in [3.63, 3.8) is 0 Å². The molecule has 1 aliphatic carbocycles. The third kappa shape index (κ3) is 3.17. The quantitative estimate of drug-likeness (QED) is 0.684. The summed E-state index contributed by atoms with van der Waals surface area (Å²) in [5.74, 6) is -0.0163. The number of nitrogens with one attached hydrogen (secondary N) is 2. The summed E-state index contributed by atoms with van der Waals surface area (Å²) in [7, 11) is 0. The molecule has 1 aromatic heterocycles. The maximum atomic E-state index is 12.8. The standard InChI is InChI=1S/C24H26N4O4/c1-23(2)8-7-19(30)28(22(23)32)13-18(29)26-16-6-5-14-11-24(12-15(14)10-16)17-4-3-9-25-20(17)27-21(24)31/h3-6,9-10,19,30H,7-8,11-13H2,1-2H3,(H,26,29)(H,25,27,31)/t19-,24-/m1/s1. The highest BCUT2D eigenvalue weighted by atomic mass is 16.3. The Balaban J connectivity index is 1.32. The minimum absolute atomic E-state index is 0.0480. The SMILES string of the molecule is CC1(C)CC[C@@H](O)N(CC(=O)Nc2ccc3c(c2)C[C@@]2(C3)C(=O)Nc3ncccc32)C1=O. The lowest BCUT2D eigenvalue weighted by atomic mass is 9.79. The van der Waals surface area contributed by atoms with Crippen molar-refractivity contribution < 1.29 is 19.5 Å². The van der Waals surface area contributed by atoms with Crippen LogP contribution in [0.5, 0.6) is 0 Å². The zero-order valence-corrected chi connectivity index (χ0v) is 18.1. The number of benzene rings is 1. The first kappa shape index (κ1) is 20.6. The molecule has 1 saturated heterocycles. The van der Waals surface area contributed by atoms with Gasteiger partial charge in [0.1, 0.15) is 18.6 Å². The maximum Gasteiger partial charge on any atom is 0.244 e. The van der Waals surface area contributed by atoms with Gasteiger partial charge in [-0.15, -0.1) is 0 Å². The van der Waals surface area contributed by atoms with E-state index in [1.807, 2.05) is 44.2 Å². The van der Waals surface area contributed by atoms with E-state index < -0.39 is 17.1 Å². The van der Waals surface area contributed by atoms with E-state index in [9.17, 15) is 19.5 Å². The average molecular weight is 434 g/mol. The molecule has 1 aromatic carbocycles. The van der Waals surface area contributed by atoms with Gasteiger partial charge in [-0.1, -0.05) is 26.0 Å². The number of carbonyl (C=O) groups excluding carboxylic acids is 3. The number of nitrogens with zero attached hydrogens (tertiary/aromatic N) is 2. The highest BCUT2D eigenvalue weighted by Gasteiger charge is 2.51. The minimum Gasteiger partial charge on any atom is -0.374 e. The fraction of sp³-hybridized carbons (Fsp3) is 0.417. The number of piperidine rings is 1. The molecule has 2 aromatic rings. The number of aliphatic hydroxyl groups excluding tert-OH is 1. The van der Waals surface area contributed by atoms with Crippen LogP contribution in [0.4, 0.5) is 11.5 Å². The summed E-state index contributed by atoms with van der Waals surface area (Å²) in [5.41, 5.74) is 2.34. The van der Waals surface area contributed by atoms with Gasteiger partial charge in [0.05, 0.1) is 5.41 Å². The number of amides is 3. The van der Waals surface area contributed by atoms with Crippen molar-refractivity contribution in [1.29, 1.82) is 0 Å². The first-order valence-corrected chi connectivity index (χ1v) is 10.9. The molecule has 0 bridgehead atoms. The van der Waals surface area contributed by atoms with Gasteiger partial charge >= 0.3 is 0 Å². The molecular formula is C24H26N4O4. The summed E-state index contributed by atoms with van der Waals surface area (Å²) in [6.07, 6.45) is 2.88. The predicted octanol–water partition coefficient (Wildman–Crippen LogP) is 1.98. The van der Waals surface area contributed by atoms with Gasteiger partial charge in [0.15, 0.2) is 0 Å². The molecule has 32 heavy (non-hydrogen) atoms. The Labute approximate surface area is 186 Å². The summed E-state index contributed by atoms with van der Waals surface area (Å²) in [6.45, 7) is 3.45. The molecule has 8 nitrogen and oxygen atoms in total. The predicted molar refractivity (Wildman–Crippen MR) is 118 cm³/mol. The van der Waals surface area contributed by atoms with Gasteiger partial charge in [-0.2, -0.15) is 0 Å². The number of aliphatic hydroxyl groups is 1. The van der Waals surface area contributed by atoms with E-state index in [2.05, 4.69) is 15.6 Å². The molecule has 0 unspecified atom stereocenters. The summed E-state index contributed by atoms with van der Waals surface area (Å²) >= 11 is 0. The van der Waals surface area contributed by atoms with Gasteiger partial charge in [-0.3, -0.25) is 14.4 Å². The van der Waals surface area contributed by atoms with Crippen LogP contribution in [0.3, 0.4) is 0 Å². The average Bonchev–Trinajstić information content (AvgIpc) is 3.26. The molecule has 3 heterocycles. The topological polar surface area (TPSA) is 112 Å². The van der Waals surface area contributed by atoms with Gasteiger partial charge in [-0.25, -0.2) is 4.98 Å². The fourth-order valence-electron chi connectivity index (χ4n) is 5.15. The van der Waals surface area contributed by atoms with E-state index in [0.717, 1.165) is 16.7 Å². The Hall–Kier alpha value is -3.26. The molecule has 1 spiro atoms. The van der Waals surface area contributed by atoms with Crippen LogP contribution >= 0.6 is 0 Å². The number of aromatic nitrogens is 1. The largest absolute Gasteiger partial charge is 0.374 e. The fourth-order valence-corrected chi connectivity index (χ4v) is 5.15. The van der Waals surface area contributed by atoms with Gasteiger partial charge in [0, 0.05) is 22.9 Å². The van der Waals surface area contributed by atoms with Crippen LogP contribution < -0.4 is 10.6 Å². The lowest BCUT2D eigenvalue weighted by Gasteiger charge is -2.40. The molecule has 3 N–H and O–H groups in total. The number of likely N-dealkylation sites (tertiary alicyclic amines) is 1. The van der Waals surface area contributed by atoms with Crippen molar-refractivity contribution in [3.8, 4) is 0 Å². The molecule has 8 heteroatoms. The Morgan fingerprint density at radius 2 is 2.03 bits per heavy atom. The molecule has 2 atom stereocenters. The van der Waals surface area contributed by atoms with Crippen molar-refractivity contribution in [2.75, 3.05) is 17.2 Å². The summed E-state index contributed by atoms with van der Waals surface area (Å²) < 4.78 is 0. The van der Waals surface area contributed by atoms with Crippen LogP contribution in [0.1, 0.15) is 43.4 Å². The van der Waals surface area contributed by atoms with Crippen molar-refractivity contribution >= 4 is 29.2 Å². The first-order valence-electron chi connectivity index (χ1n) is 10.9. The van der Waals surface area contributed by atoms with E-state index in [-0.39, 0.29) is 24.3 Å². The smallest absolute Gasteiger partial charge is 0.244 e. The molecule has 3 amide bonds. The Morgan fingerprint density at radius 1 is 1.25 bits per heavy atom. The van der Waals surface area contributed by atoms with Crippen molar-refractivity contribution in [2.45, 2.75) is 51.2 Å². The number of hydrogen-bond acceptors (Lipinski definition) is 5. The first-order chi connectivity index (χ1) is 15.2. The highest BCUT2D eigenvalue weighted by Crippen LogP contribution is 2.46.